The number of rotatable bonds is 2. The average Bonchev–Trinajstić information content (AvgIpc) is 2.65. The van der Waals surface area contributed by atoms with E-state index in [-0.39, 0.29) is 5.41 Å². The third-order valence-corrected chi connectivity index (χ3v) is 5.63. The molecule has 0 N–H and O–H groups in total. The molecule has 144 valence electrons. The van der Waals surface area contributed by atoms with Crippen molar-refractivity contribution in [2.75, 3.05) is 0 Å². The van der Waals surface area contributed by atoms with E-state index in [9.17, 15) is 0 Å². The summed E-state index contributed by atoms with van der Waals surface area (Å²) in [6.45, 7) is 17.2. The van der Waals surface area contributed by atoms with Crippen LogP contribution < -0.4 is 0 Å². The minimum Gasteiger partial charge on any atom is -0.0683 e. The van der Waals surface area contributed by atoms with E-state index in [0.29, 0.717) is 0 Å². The van der Waals surface area contributed by atoms with Crippen molar-refractivity contribution in [2.45, 2.75) is 92.9 Å². The van der Waals surface area contributed by atoms with Crippen LogP contribution in [-0.2, 0) is 5.41 Å². The first-order valence-electron chi connectivity index (χ1n) is 10.7. The molecule has 0 saturated heterocycles. The molecule has 0 nitrogen and oxygen atoms in total. The topological polar surface area (TPSA) is 0 Å². The van der Waals surface area contributed by atoms with Crippen LogP contribution in [0, 0.1) is 27.7 Å². The summed E-state index contributed by atoms with van der Waals surface area (Å²) in [5.74, 6) is 0. The third-order valence-electron chi connectivity index (χ3n) is 5.63. The Morgan fingerprint density at radius 2 is 0.846 bits per heavy atom. The largest absolute Gasteiger partial charge is 0.0683 e. The SMILES string of the molecule is CC.CC.Cc1cccc(C)c1C1(c2c(C)cccc2C)CCCCC1. The molecule has 0 aromatic heterocycles. The summed E-state index contributed by atoms with van der Waals surface area (Å²) in [5.41, 5.74) is 9.28. The van der Waals surface area contributed by atoms with Crippen molar-refractivity contribution >= 4 is 0 Å². The molecule has 0 aliphatic heterocycles. The molecule has 0 amide bonds. The maximum absolute atomic E-state index is 2.30. The molecule has 0 spiro atoms. The predicted molar refractivity (Wildman–Crippen MR) is 118 cm³/mol. The molecular formula is C26H40. The summed E-state index contributed by atoms with van der Waals surface area (Å²) >= 11 is 0. The van der Waals surface area contributed by atoms with Crippen molar-refractivity contribution in [3.8, 4) is 0 Å². The van der Waals surface area contributed by atoms with Gasteiger partial charge < -0.3 is 0 Å². The maximum Gasteiger partial charge on any atom is 0.0213 e. The molecule has 1 aliphatic carbocycles. The number of aryl methyl sites for hydroxylation is 4. The summed E-state index contributed by atoms with van der Waals surface area (Å²) in [4.78, 5) is 0. The van der Waals surface area contributed by atoms with Crippen LogP contribution in [0.5, 0.6) is 0 Å². The van der Waals surface area contributed by atoms with E-state index in [4.69, 9.17) is 0 Å². The quantitative estimate of drug-likeness (QED) is 0.510. The first-order valence-corrected chi connectivity index (χ1v) is 10.7. The Morgan fingerprint density at radius 1 is 0.538 bits per heavy atom. The fourth-order valence-corrected chi connectivity index (χ4v) is 4.92. The zero-order chi connectivity index (χ0) is 19.7. The van der Waals surface area contributed by atoms with Crippen LogP contribution in [-0.4, -0.2) is 0 Å². The monoisotopic (exact) mass is 352 g/mol. The van der Waals surface area contributed by atoms with Gasteiger partial charge in [0, 0.05) is 5.41 Å². The van der Waals surface area contributed by atoms with Crippen LogP contribution in [0.3, 0.4) is 0 Å². The van der Waals surface area contributed by atoms with E-state index >= 15 is 0 Å². The summed E-state index contributed by atoms with van der Waals surface area (Å²) in [6.07, 6.45) is 6.68. The van der Waals surface area contributed by atoms with Crippen molar-refractivity contribution < 1.29 is 0 Å². The van der Waals surface area contributed by atoms with Crippen molar-refractivity contribution in [3.05, 3.63) is 69.8 Å². The average molecular weight is 353 g/mol. The molecule has 2 aromatic carbocycles. The van der Waals surface area contributed by atoms with Crippen molar-refractivity contribution in [3.63, 3.8) is 0 Å². The zero-order valence-corrected chi connectivity index (χ0v) is 18.5. The predicted octanol–water partition coefficient (Wildman–Crippen LogP) is 8.22. The van der Waals surface area contributed by atoms with Gasteiger partial charge in [-0.25, -0.2) is 0 Å². The maximum atomic E-state index is 2.30. The molecule has 0 bridgehead atoms. The van der Waals surface area contributed by atoms with Crippen LogP contribution >= 0.6 is 0 Å². The molecule has 3 rings (SSSR count). The third kappa shape index (κ3) is 4.40. The highest BCUT2D eigenvalue weighted by Gasteiger charge is 2.39. The fraction of sp³-hybridized carbons (Fsp3) is 0.538. The zero-order valence-electron chi connectivity index (χ0n) is 18.5. The van der Waals surface area contributed by atoms with Gasteiger partial charge in [-0.2, -0.15) is 0 Å². The Labute approximate surface area is 163 Å². The first kappa shape index (κ1) is 22.5. The van der Waals surface area contributed by atoms with Gasteiger partial charge in [-0.1, -0.05) is 83.4 Å². The Hall–Kier alpha value is -1.56. The molecule has 2 aromatic rings. The summed E-state index contributed by atoms with van der Waals surface area (Å²) in [7, 11) is 0. The van der Waals surface area contributed by atoms with E-state index in [0.717, 1.165) is 0 Å². The molecular weight excluding hydrogens is 312 g/mol. The highest BCUT2D eigenvalue weighted by Crippen LogP contribution is 2.49. The first-order chi connectivity index (χ1) is 12.6. The molecule has 0 atom stereocenters. The molecule has 1 saturated carbocycles. The Balaban J connectivity index is 0.000000791. The van der Waals surface area contributed by atoms with Gasteiger partial charge in [-0.15, -0.1) is 0 Å². The van der Waals surface area contributed by atoms with Crippen molar-refractivity contribution in [1.82, 2.24) is 0 Å². The van der Waals surface area contributed by atoms with Gasteiger partial charge in [-0.05, 0) is 73.9 Å². The van der Waals surface area contributed by atoms with Gasteiger partial charge in [0.2, 0.25) is 0 Å². The second-order valence-corrected chi connectivity index (χ2v) is 7.18. The Bertz CT molecular complexity index is 578. The van der Waals surface area contributed by atoms with Gasteiger partial charge in [0.25, 0.3) is 0 Å². The van der Waals surface area contributed by atoms with E-state index in [1.807, 2.05) is 27.7 Å². The standard InChI is InChI=1S/C22H28.2C2H6/c1-16-10-8-11-17(2)20(16)22(14-6-5-7-15-22)21-18(3)12-9-13-19(21)4;2*1-2/h8-13H,5-7,14-15H2,1-4H3;2*1-2H3. The lowest BCUT2D eigenvalue weighted by Gasteiger charge is -2.42. The highest BCUT2D eigenvalue weighted by molar-refractivity contribution is 5.52. The van der Waals surface area contributed by atoms with Crippen molar-refractivity contribution in [1.29, 1.82) is 0 Å². The normalized spacial score (nSPS) is 15.2. The van der Waals surface area contributed by atoms with Gasteiger partial charge >= 0.3 is 0 Å². The minimum absolute atomic E-state index is 0.225. The van der Waals surface area contributed by atoms with Crippen LogP contribution in [0.15, 0.2) is 36.4 Å². The van der Waals surface area contributed by atoms with E-state index < -0.39 is 0 Å². The van der Waals surface area contributed by atoms with Crippen LogP contribution in [0.1, 0.15) is 93.2 Å². The minimum atomic E-state index is 0.225. The smallest absolute Gasteiger partial charge is 0.0213 e. The van der Waals surface area contributed by atoms with E-state index in [2.05, 4.69) is 64.1 Å². The lowest BCUT2D eigenvalue weighted by atomic mass is 9.61. The molecule has 0 unspecified atom stereocenters. The van der Waals surface area contributed by atoms with Crippen LogP contribution in [0.25, 0.3) is 0 Å². The molecule has 0 heterocycles. The number of hydrogen-bond acceptors (Lipinski definition) is 0. The Morgan fingerprint density at radius 3 is 1.15 bits per heavy atom. The molecule has 0 radical (unpaired) electrons. The second-order valence-electron chi connectivity index (χ2n) is 7.18. The van der Waals surface area contributed by atoms with Crippen molar-refractivity contribution in [2.24, 2.45) is 0 Å². The van der Waals surface area contributed by atoms with Gasteiger partial charge in [-0.3, -0.25) is 0 Å². The summed E-state index contributed by atoms with van der Waals surface area (Å²) in [6, 6.07) is 13.6. The summed E-state index contributed by atoms with van der Waals surface area (Å²) in [5, 5.41) is 0. The second kappa shape index (κ2) is 10.6. The lowest BCUT2D eigenvalue weighted by molar-refractivity contribution is 0.341. The molecule has 26 heavy (non-hydrogen) atoms. The van der Waals surface area contributed by atoms with Gasteiger partial charge in [0.05, 0.1) is 0 Å². The van der Waals surface area contributed by atoms with E-state index in [1.165, 1.54) is 54.4 Å². The van der Waals surface area contributed by atoms with Crippen LogP contribution in [0.2, 0.25) is 0 Å². The summed E-state index contributed by atoms with van der Waals surface area (Å²) < 4.78 is 0. The molecule has 0 heteroatoms. The number of benzene rings is 2. The fourth-order valence-electron chi connectivity index (χ4n) is 4.92. The molecule has 1 fully saturated rings. The van der Waals surface area contributed by atoms with Gasteiger partial charge in [0.15, 0.2) is 0 Å². The van der Waals surface area contributed by atoms with Gasteiger partial charge in [0.1, 0.15) is 0 Å². The molecule has 1 aliphatic rings. The lowest BCUT2D eigenvalue weighted by Crippen LogP contribution is -2.34. The highest BCUT2D eigenvalue weighted by atomic mass is 14.4. The number of hydrogen-bond donors (Lipinski definition) is 0. The van der Waals surface area contributed by atoms with E-state index in [1.54, 1.807) is 11.1 Å². The Kier molecular flexibility index (Phi) is 9.13. The van der Waals surface area contributed by atoms with Crippen LogP contribution in [0.4, 0.5) is 0 Å².